The number of rotatable bonds is 3. The molecule has 1 N–H and O–H groups in total. The molecule has 2 rings (SSSR count). The first kappa shape index (κ1) is 11.3. The molecule has 0 aromatic heterocycles. The van der Waals surface area contributed by atoms with Gasteiger partial charge in [-0.3, -0.25) is 4.79 Å². The fourth-order valence-electron chi connectivity index (χ4n) is 2.18. The van der Waals surface area contributed by atoms with E-state index in [-0.39, 0.29) is 5.92 Å². The second-order valence-electron chi connectivity index (χ2n) is 4.67. The fraction of sp³-hybridized carbons (Fsp3) is 0.500. The molecule has 0 radical (unpaired) electrons. The predicted molar refractivity (Wildman–Crippen MR) is 65.5 cm³/mol. The molecule has 86 valence electrons. The minimum absolute atomic E-state index is 0.232. The number of Topliss-reactive ketones (excluding diaryl/α,β-unsaturated/α-hetero) is 1. The molecular formula is C14H19NO. The minimum atomic E-state index is 0.232. The van der Waals surface area contributed by atoms with Crippen LogP contribution in [0.15, 0.2) is 24.3 Å². The Morgan fingerprint density at radius 2 is 2.12 bits per heavy atom. The highest BCUT2D eigenvalue weighted by atomic mass is 16.1. The quantitative estimate of drug-likeness (QED) is 0.840. The van der Waals surface area contributed by atoms with E-state index in [4.69, 9.17) is 0 Å². The Morgan fingerprint density at radius 3 is 2.75 bits per heavy atom. The van der Waals surface area contributed by atoms with Crippen LogP contribution in [0.1, 0.15) is 24.0 Å². The molecule has 0 saturated carbocycles. The summed E-state index contributed by atoms with van der Waals surface area (Å²) < 4.78 is 0. The molecule has 1 atom stereocenters. The monoisotopic (exact) mass is 217 g/mol. The van der Waals surface area contributed by atoms with Crippen LogP contribution in [-0.4, -0.2) is 18.9 Å². The van der Waals surface area contributed by atoms with Gasteiger partial charge in [0.25, 0.3) is 0 Å². The van der Waals surface area contributed by atoms with Gasteiger partial charge in [0.1, 0.15) is 5.78 Å². The lowest BCUT2D eigenvalue weighted by Gasteiger charge is -2.21. The molecule has 1 aromatic rings. The van der Waals surface area contributed by atoms with E-state index < -0.39 is 0 Å². The zero-order valence-corrected chi connectivity index (χ0v) is 9.83. The molecule has 0 aliphatic carbocycles. The molecule has 1 aromatic carbocycles. The van der Waals surface area contributed by atoms with Crippen molar-refractivity contribution in [2.45, 2.75) is 26.2 Å². The predicted octanol–water partition coefficient (Wildman–Crippen LogP) is 2.11. The zero-order chi connectivity index (χ0) is 11.4. The van der Waals surface area contributed by atoms with Crippen molar-refractivity contribution in [3.63, 3.8) is 0 Å². The Kier molecular flexibility index (Phi) is 3.73. The number of hydrogen-bond donors (Lipinski definition) is 1. The summed E-state index contributed by atoms with van der Waals surface area (Å²) in [7, 11) is 0. The highest BCUT2D eigenvalue weighted by Crippen LogP contribution is 2.14. The zero-order valence-electron chi connectivity index (χ0n) is 9.83. The first-order valence-corrected chi connectivity index (χ1v) is 6.04. The Balaban J connectivity index is 1.93. The lowest BCUT2D eigenvalue weighted by molar-refractivity contribution is -0.122. The average molecular weight is 217 g/mol. The van der Waals surface area contributed by atoms with Crippen molar-refractivity contribution in [3.05, 3.63) is 35.4 Å². The molecule has 2 heteroatoms. The van der Waals surface area contributed by atoms with Crippen molar-refractivity contribution in [1.82, 2.24) is 5.32 Å². The number of hydrogen-bond acceptors (Lipinski definition) is 2. The van der Waals surface area contributed by atoms with Gasteiger partial charge in [0.2, 0.25) is 0 Å². The molecule has 0 bridgehead atoms. The summed E-state index contributed by atoms with van der Waals surface area (Å²) in [6.45, 7) is 4.00. The molecule has 16 heavy (non-hydrogen) atoms. The summed E-state index contributed by atoms with van der Waals surface area (Å²) >= 11 is 0. The van der Waals surface area contributed by atoms with Crippen LogP contribution in [-0.2, 0) is 11.2 Å². The lowest BCUT2D eigenvalue weighted by atomic mass is 9.91. The first-order chi connectivity index (χ1) is 7.75. The van der Waals surface area contributed by atoms with Crippen LogP contribution in [0.25, 0.3) is 0 Å². The standard InChI is InChI=1S/C14H19NO/c1-11-4-6-12(7-5-11)9-14(16)13-3-2-8-15-10-13/h4-7,13,15H,2-3,8-10H2,1H3. The number of aryl methyl sites for hydroxylation is 1. The normalized spacial score (nSPS) is 20.7. The molecule has 1 fully saturated rings. The van der Waals surface area contributed by atoms with Crippen molar-refractivity contribution in [2.75, 3.05) is 13.1 Å². The van der Waals surface area contributed by atoms with Crippen LogP contribution < -0.4 is 5.32 Å². The molecule has 0 spiro atoms. The SMILES string of the molecule is Cc1ccc(CC(=O)C2CCCNC2)cc1. The van der Waals surface area contributed by atoms with Gasteiger partial charge in [-0.1, -0.05) is 29.8 Å². The van der Waals surface area contributed by atoms with E-state index in [1.807, 2.05) is 0 Å². The van der Waals surface area contributed by atoms with E-state index in [1.54, 1.807) is 0 Å². The number of carbonyl (C=O) groups is 1. The summed E-state index contributed by atoms with van der Waals surface area (Å²) in [4.78, 5) is 12.0. The molecule has 1 saturated heterocycles. The van der Waals surface area contributed by atoms with Crippen LogP contribution in [0.3, 0.4) is 0 Å². The molecule has 1 unspecified atom stereocenters. The summed E-state index contributed by atoms with van der Waals surface area (Å²) in [5.41, 5.74) is 2.39. The van der Waals surface area contributed by atoms with Crippen LogP contribution in [0, 0.1) is 12.8 Å². The largest absolute Gasteiger partial charge is 0.316 e. The molecule has 1 aliphatic heterocycles. The van der Waals surface area contributed by atoms with Crippen LogP contribution in [0.4, 0.5) is 0 Å². The molecule has 1 aliphatic rings. The van der Waals surface area contributed by atoms with Gasteiger partial charge in [-0.2, -0.15) is 0 Å². The Bertz CT molecular complexity index is 350. The molecular weight excluding hydrogens is 198 g/mol. The number of nitrogens with one attached hydrogen (secondary N) is 1. The smallest absolute Gasteiger partial charge is 0.141 e. The van der Waals surface area contributed by atoms with Gasteiger partial charge in [0.15, 0.2) is 0 Å². The number of ketones is 1. The van der Waals surface area contributed by atoms with Gasteiger partial charge >= 0.3 is 0 Å². The van der Waals surface area contributed by atoms with Crippen molar-refractivity contribution in [2.24, 2.45) is 5.92 Å². The maximum Gasteiger partial charge on any atom is 0.141 e. The van der Waals surface area contributed by atoms with Crippen molar-refractivity contribution >= 4 is 5.78 Å². The third-order valence-corrected chi connectivity index (χ3v) is 3.25. The number of benzene rings is 1. The second kappa shape index (κ2) is 5.26. The van der Waals surface area contributed by atoms with Crippen LogP contribution in [0.5, 0.6) is 0 Å². The van der Waals surface area contributed by atoms with E-state index in [1.165, 1.54) is 5.56 Å². The highest BCUT2D eigenvalue weighted by molar-refractivity contribution is 5.83. The maximum absolute atomic E-state index is 12.0. The van der Waals surface area contributed by atoms with Crippen molar-refractivity contribution < 1.29 is 4.79 Å². The van der Waals surface area contributed by atoms with Gasteiger partial charge in [-0.15, -0.1) is 0 Å². The van der Waals surface area contributed by atoms with Gasteiger partial charge in [0.05, 0.1) is 0 Å². The Labute approximate surface area is 97.1 Å². The first-order valence-electron chi connectivity index (χ1n) is 6.04. The van der Waals surface area contributed by atoms with E-state index in [0.717, 1.165) is 31.5 Å². The number of carbonyl (C=O) groups excluding carboxylic acids is 1. The van der Waals surface area contributed by atoms with Crippen LogP contribution >= 0.6 is 0 Å². The van der Waals surface area contributed by atoms with E-state index in [9.17, 15) is 4.79 Å². The summed E-state index contributed by atoms with van der Waals surface area (Å²) in [5.74, 6) is 0.617. The third kappa shape index (κ3) is 2.92. The molecule has 1 heterocycles. The second-order valence-corrected chi connectivity index (χ2v) is 4.67. The van der Waals surface area contributed by atoms with E-state index >= 15 is 0 Å². The van der Waals surface area contributed by atoms with Gasteiger partial charge in [0, 0.05) is 18.9 Å². The topological polar surface area (TPSA) is 29.1 Å². The average Bonchev–Trinajstić information content (AvgIpc) is 2.33. The van der Waals surface area contributed by atoms with Crippen LogP contribution in [0.2, 0.25) is 0 Å². The van der Waals surface area contributed by atoms with E-state index in [2.05, 4.69) is 36.5 Å². The summed E-state index contributed by atoms with van der Waals surface area (Å²) in [5, 5.41) is 3.29. The minimum Gasteiger partial charge on any atom is -0.316 e. The number of piperidine rings is 1. The van der Waals surface area contributed by atoms with Crippen molar-refractivity contribution in [3.8, 4) is 0 Å². The fourth-order valence-corrected chi connectivity index (χ4v) is 2.18. The Hall–Kier alpha value is -1.15. The van der Waals surface area contributed by atoms with Gasteiger partial charge in [-0.05, 0) is 31.9 Å². The lowest BCUT2D eigenvalue weighted by Crippen LogP contribution is -2.35. The summed E-state index contributed by atoms with van der Waals surface area (Å²) in [6, 6.07) is 8.26. The molecule has 0 amide bonds. The Morgan fingerprint density at radius 1 is 1.38 bits per heavy atom. The van der Waals surface area contributed by atoms with Crippen molar-refractivity contribution in [1.29, 1.82) is 0 Å². The summed E-state index contributed by atoms with van der Waals surface area (Å²) in [6.07, 6.45) is 2.77. The van der Waals surface area contributed by atoms with Gasteiger partial charge < -0.3 is 5.32 Å². The highest BCUT2D eigenvalue weighted by Gasteiger charge is 2.20. The third-order valence-electron chi connectivity index (χ3n) is 3.25. The molecule has 2 nitrogen and oxygen atoms in total. The van der Waals surface area contributed by atoms with Gasteiger partial charge in [-0.25, -0.2) is 0 Å². The maximum atomic E-state index is 12.0. The van der Waals surface area contributed by atoms with E-state index in [0.29, 0.717) is 12.2 Å².